The number of hydrogen-bond donors (Lipinski definition) is 2. The Balaban J connectivity index is 1.39. The van der Waals surface area contributed by atoms with Crippen molar-refractivity contribution in [1.29, 1.82) is 0 Å². The molecule has 2 N–H and O–H groups in total. The number of nitrogens with zero attached hydrogens (tertiary/aromatic N) is 4. The van der Waals surface area contributed by atoms with Crippen LogP contribution in [0.1, 0.15) is 11.1 Å². The molecule has 158 valence electrons. The number of carbonyl (C=O) groups excluding carboxylic acids is 1. The highest BCUT2D eigenvalue weighted by atomic mass is 32.1. The van der Waals surface area contributed by atoms with Crippen LogP contribution >= 0.6 is 11.3 Å². The number of hydrogen-bond acceptors (Lipinski definition) is 5. The zero-order valence-electron chi connectivity index (χ0n) is 17.5. The summed E-state index contributed by atoms with van der Waals surface area (Å²) < 4.78 is 1.74. The summed E-state index contributed by atoms with van der Waals surface area (Å²) >= 11 is 1.59. The molecule has 0 unspecified atom stereocenters. The summed E-state index contributed by atoms with van der Waals surface area (Å²) in [5, 5.41) is 21.0. The third-order valence-electron chi connectivity index (χ3n) is 5.05. The Hall–Kier alpha value is -4.04. The van der Waals surface area contributed by atoms with E-state index in [-0.39, 0.29) is 6.03 Å². The molecular weight excluding hydrogens is 420 g/mol. The van der Waals surface area contributed by atoms with Crippen molar-refractivity contribution in [3.05, 3.63) is 83.2 Å². The predicted octanol–water partition coefficient (Wildman–Crippen LogP) is 5.78. The van der Waals surface area contributed by atoms with Crippen LogP contribution < -0.4 is 10.6 Å². The van der Waals surface area contributed by atoms with E-state index in [9.17, 15) is 4.79 Å². The van der Waals surface area contributed by atoms with E-state index in [1.165, 1.54) is 0 Å². The Bertz CT molecular complexity index is 1420. The van der Waals surface area contributed by atoms with Gasteiger partial charge in [0.1, 0.15) is 0 Å². The molecule has 0 atom stereocenters. The summed E-state index contributed by atoms with van der Waals surface area (Å²) in [6.07, 6.45) is 0. The van der Waals surface area contributed by atoms with Gasteiger partial charge in [0.25, 0.3) is 0 Å². The van der Waals surface area contributed by atoms with E-state index >= 15 is 0 Å². The molecule has 0 radical (unpaired) electrons. The zero-order valence-corrected chi connectivity index (χ0v) is 18.4. The topological polar surface area (TPSA) is 84.2 Å². The van der Waals surface area contributed by atoms with E-state index in [4.69, 9.17) is 5.10 Å². The maximum Gasteiger partial charge on any atom is 0.323 e. The van der Waals surface area contributed by atoms with Crippen LogP contribution in [0.2, 0.25) is 0 Å². The van der Waals surface area contributed by atoms with E-state index in [2.05, 4.69) is 20.8 Å². The minimum Gasteiger partial charge on any atom is -0.308 e. The fraction of sp³-hybridized carbons (Fsp3) is 0.0833. The van der Waals surface area contributed by atoms with E-state index in [1.54, 1.807) is 15.9 Å². The quantitative estimate of drug-likeness (QED) is 0.371. The monoisotopic (exact) mass is 440 g/mol. The number of aromatic nitrogens is 4. The molecule has 0 aliphatic carbocycles. The maximum atomic E-state index is 12.5. The van der Waals surface area contributed by atoms with Gasteiger partial charge >= 0.3 is 6.03 Å². The molecule has 3 heterocycles. The van der Waals surface area contributed by atoms with Gasteiger partial charge in [-0.2, -0.15) is 9.61 Å². The van der Waals surface area contributed by atoms with Gasteiger partial charge in [0.05, 0.1) is 10.6 Å². The summed E-state index contributed by atoms with van der Waals surface area (Å²) in [7, 11) is 0. The lowest BCUT2D eigenvalue weighted by Crippen LogP contribution is -2.20. The summed E-state index contributed by atoms with van der Waals surface area (Å²) in [6, 6.07) is 21.0. The molecule has 7 nitrogen and oxygen atoms in total. The second kappa shape index (κ2) is 8.24. The average molecular weight is 441 g/mol. The normalized spacial score (nSPS) is 10.9. The second-order valence-corrected chi connectivity index (χ2v) is 8.42. The van der Waals surface area contributed by atoms with Crippen LogP contribution in [0.15, 0.2) is 72.1 Å². The van der Waals surface area contributed by atoms with E-state index < -0.39 is 0 Å². The SMILES string of the molecule is Cc1ccc(NC(=O)Nc2cccc(-c3ccc4nnc(-c5cccs5)n4n3)c2)c(C)c1. The second-order valence-electron chi connectivity index (χ2n) is 7.47. The lowest BCUT2D eigenvalue weighted by Gasteiger charge is -2.11. The van der Waals surface area contributed by atoms with Gasteiger partial charge in [-0.15, -0.1) is 21.5 Å². The average Bonchev–Trinajstić information content (AvgIpc) is 3.45. The van der Waals surface area contributed by atoms with Gasteiger partial charge < -0.3 is 10.6 Å². The number of benzene rings is 2. The third-order valence-corrected chi connectivity index (χ3v) is 5.92. The molecule has 8 heteroatoms. The highest BCUT2D eigenvalue weighted by Crippen LogP contribution is 2.26. The maximum absolute atomic E-state index is 12.5. The number of fused-ring (bicyclic) bond motifs is 1. The number of rotatable bonds is 4. The van der Waals surface area contributed by atoms with Crippen LogP contribution in [0, 0.1) is 13.8 Å². The van der Waals surface area contributed by atoms with Crippen molar-refractivity contribution >= 4 is 34.4 Å². The number of aryl methyl sites for hydroxylation is 2. The van der Waals surface area contributed by atoms with E-state index in [1.807, 2.05) is 86.0 Å². The number of nitrogens with one attached hydrogen (secondary N) is 2. The first-order chi connectivity index (χ1) is 15.6. The van der Waals surface area contributed by atoms with Gasteiger partial charge in [0, 0.05) is 16.9 Å². The fourth-order valence-electron chi connectivity index (χ4n) is 3.50. The fourth-order valence-corrected chi connectivity index (χ4v) is 4.19. The van der Waals surface area contributed by atoms with Crippen LogP contribution in [-0.4, -0.2) is 25.8 Å². The van der Waals surface area contributed by atoms with Crippen molar-refractivity contribution < 1.29 is 4.79 Å². The number of carbonyl (C=O) groups is 1. The summed E-state index contributed by atoms with van der Waals surface area (Å²) in [4.78, 5) is 13.5. The van der Waals surface area contributed by atoms with Gasteiger partial charge in [0.15, 0.2) is 11.5 Å². The third kappa shape index (κ3) is 3.95. The predicted molar refractivity (Wildman–Crippen MR) is 128 cm³/mol. The lowest BCUT2D eigenvalue weighted by atomic mass is 10.1. The highest BCUT2D eigenvalue weighted by molar-refractivity contribution is 7.13. The van der Waals surface area contributed by atoms with Gasteiger partial charge in [0.2, 0.25) is 0 Å². The first kappa shape index (κ1) is 19.9. The molecule has 5 rings (SSSR count). The Morgan fingerprint density at radius 1 is 0.938 bits per heavy atom. The van der Waals surface area contributed by atoms with Crippen molar-refractivity contribution in [1.82, 2.24) is 19.8 Å². The molecule has 0 saturated heterocycles. The first-order valence-corrected chi connectivity index (χ1v) is 11.0. The standard InChI is InChI=1S/C24H20N6OS/c1-15-8-9-19(16(2)13-15)26-24(31)25-18-6-3-5-17(14-18)20-10-11-22-27-28-23(30(22)29-20)21-7-4-12-32-21/h3-14H,1-2H3,(H2,25,26,31). The van der Waals surface area contributed by atoms with Crippen molar-refractivity contribution in [3.63, 3.8) is 0 Å². The number of urea groups is 1. The molecule has 3 aromatic heterocycles. The highest BCUT2D eigenvalue weighted by Gasteiger charge is 2.12. The van der Waals surface area contributed by atoms with Crippen LogP contribution in [0.4, 0.5) is 16.2 Å². The summed E-state index contributed by atoms with van der Waals surface area (Å²) in [6.45, 7) is 4.00. The molecule has 0 spiro atoms. The molecule has 0 fully saturated rings. The zero-order chi connectivity index (χ0) is 22.1. The summed E-state index contributed by atoms with van der Waals surface area (Å²) in [5.41, 5.74) is 5.94. The smallest absolute Gasteiger partial charge is 0.308 e. The van der Waals surface area contributed by atoms with Crippen LogP contribution in [-0.2, 0) is 0 Å². The molecule has 2 aromatic carbocycles. The van der Waals surface area contributed by atoms with Crippen molar-refractivity contribution in [2.75, 3.05) is 10.6 Å². The molecule has 0 aliphatic heterocycles. The molecular formula is C24H20N6OS. The molecule has 0 saturated carbocycles. The largest absolute Gasteiger partial charge is 0.323 e. The van der Waals surface area contributed by atoms with Gasteiger partial charge in [-0.05, 0) is 61.2 Å². The minimum absolute atomic E-state index is 0.295. The Morgan fingerprint density at radius 3 is 2.66 bits per heavy atom. The van der Waals surface area contributed by atoms with Crippen LogP contribution in [0.3, 0.4) is 0 Å². The van der Waals surface area contributed by atoms with Crippen LogP contribution in [0.25, 0.3) is 27.6 Å². The lowest BCUT2D eigenvalue weighted by molar-refractivity contribution is 0.262. The Kier molecular flexibility index (Phi) is 5.12. The number of amides is 2. The molecule has 5 aromatic rings. The van der Waals surface area contributed by atoms with E-state index in [0.717, 1.165) is 32.9 Å². The van der Waals surface area contributed by atoms with Crippen molar-refractivity contribution in [2.45, 2.75) is 13.8 Å². The number of thiophene rings is 1. The van der Waals surface area contributed by atoms with Gasteiger partial charge in [-0.25, -0.2) is 4.79 Å². The van der Waals surface area contributed by atoms with Crippen LogP contribution in [0.5, 0.6) is 0 Å². The van der Waals surface area contributed by atoms with Crippen molar-refractivity contribution in [2.24, 2.45) is 0 Å². The summed E-state index contributed by atoms with van der Waals surface area (Å²) in [5.74, 6) is 0.707. The van der Waals surface area contributed by atoms with E-state index in [0.29, 0.717) is 17.2 Å². The first-order valence-electron chi connectivity index (χ1n) is 10.1. The molecule has 0 aliphatic rings. The Labute approximate surface area is 188 Å². The number of anilines is 2. The molecule has 32 heavy (non-hydrogen) atoms. The van der Waals surface area contributed by atoms with Crippen molar-refractivity contribution in [3.8, 4) is 22.0 Å². The minimum atomic E-state index is -0.295. The Morgan fingerprint density at radius 2 is 1.84 bits per heavy atom. The van der Waals surface area contributed by atoms with Gasteiger partial charge in [-0.1, -0.05) is 35.9 Å². The molecule has 2 amide bonds. The van der Waals surface area contributed by atoms with Gasteiger partial charge in [-0.3, -0.25) is 0 Å². The molecule has 0 bridgehead atoms.